The van der Waals surface area contributed by atoms with Crippen LogP contribution in [0.5, 0.6) is 5.75 Å². The van der Waals surface area contributed by atoms with Gasteiger partial charge in [-0.2, -0.15) is 0 Å². The maximum absolute atomic E-state index is 13.4. The number of hydrogen-bond donors (Lipinski definition) is 2. The predicted octanol–water partition coefficient (Wildman–Crippen LogP) is 5.03. The summed E-state index contributed by atoms with van der Waals surface area (Å²) in [6, 6.07) is 14.7. The first-order chi connectivity index (χ1) is 16.5. The van der Waals surface area contributed by atoms with Crippen LogP contribution in [0, 0.1) is 0 Å². The molecule has 1 fully saturated rings. The van der Waals surface area contributed by atoms with Crippen molar-refractivity contribution in [1.82, 2.24) is 10.3 Å². The molecule has 1 unspecified atom stereocenters. The first-order valence-electron chi connectivity index (χ1n) is 11.9. The van der Waals surface area contributed by atoms with Gasteiger partial charge in [-0.1, -0.05) is 43.2 Å². The highest BCUT2D eigenvalue weighted by Gasteiger charge is 2.30. The van der Waals surface area contributed by atoms with Gasteiger partial charge in [-0.05, 0) is 73.6 Å². The van der Waals surface area contributed by atoms with Gasteiger partial charge in [0.1, 0.15) is 5.75 Å². The Morgan fingerprint density at radius 3 is 2.59 bits per heavy atom. The van der Waals surface area contributed by atoms with Gasteiger partial charge in [0.2, 0.25) is 0 Å². The summed E-state index contributed by atoms with van der Waals surface area (Å²) in [6.07, 6.45) is 6.78. The van der Waals surface area contributed by atoms with E-state index in [0.29, 0.717) is 12.0 Å². The highest BCUT2D eigenvalue weighted by atomic mass is 16.5. The third-order valence-electron chi connectivity index (χ3n) is 6.73. The SMILES string of the molecule is CC(OC(=O)c1c2c(nc3ccccc13)/C(=C/c1ccc(O)cc1)CC2)C(=O)NC1CCCC1. The number of aromatic hydroxyl groups is 1. The number of carbonyl (C=O) groups excluding carboxylic acids is 2. The predicted molar refractivity (Wildman–Crippen MR) is 131 cm³/mol. The summed E-state index contributed by atoms with van der Waals surface area (Å²) in [5, 5.41) is 13.3. The number of phenolic OH excluding ortho intramolecular Hbond substituents is 1. The number of esters is 1. The molecule has 0 bridgehead atoms. The molecule has 0 spiro atoms. The van der Waals surface area contributed by atoms with Crippen LogP contribution in [0.4, 0.5) is 0 Å². The van der Waals surface area contributed by atoms with Crippen molar-refractivity contribution in [1.29, 1.82) is 0 Å². The van der Waals surface area contributed by atoms with Gasteiger partial charge >= 0.3 is 5.97 Å². The molecule has 2 aliphatic rings. The average molecular weight is 457 g/mol. The zero-order chi connectivity index (χ0) is 23.7. The lowest BCUT2D eigenvalue weighted by molar-refractivity contribution is -0.129. The van der Waals surface area contributed by atoms with Gasteiger partial charge in [0.05, 0.1) is 16.8 Å². The van der Waals surface area contributed by atoms with E-state index in [1.54, 1.807) is 19.1 Å². The number of rotatable bonds is 5. The molecule has 1 heterocycles. The van der Waals surface area contributed by atoms with Crippen molar-refractivity contribution >= 4 is 34.4 Å². The summed E-state index contributed by atoms with van der Waals surface area (Å²) < 4.78 is 5.68. The van der Waals surface area contributed by atoms with Crippen molar-refractivity contribution in [3.05, 3.63) is 70.9 Å². The highest BCUT2D eigenvalue weighted by molar-refractivity contribution is 6.07. The second-order valence-electron chi connectivity index (χ2n) is 9.13. The van der Waals surface area contributed by atoms with Crippen molar-refractivity contribution in [2.45, 2.75) is 57.6 Å². The van der Waals surface area contributed by atoms with Crippen molar-refractivity contribution in [2.75, 3.05) is 0 Å². The van der Waals surface area contributed by atoms with Crippen LogP contribution in [-0.4, -0.2) is 34.1 Å². The van der Waals surface area contributed by atoms with Crippen LogP contribution in [0.2, 0.25) is 0 Å². The largest absolute Gasteiger partial charge is 0.508 e. The summed E-state index contributed by atoms with van der Waals surface area (Å²) >= 11 is 0. The van der Waals surface area contributed by atoms with Crippen molar-refractivity contribution in [3.63, 3.8) is 0 Å². The molecule has 3 aromatic rings. The summed E-state index contributed by atoms with van der Waals surface area (Å²) in [6.45, 7) is 1.63. The number of benzene rings is 2. The monoisotopic (exact) mass is 456 g/mol. The Bertz CT molecular complexity index is 1270. The summed E-state index contributed by atoms with van der Waals surface area (Å²) in [7, 11) is 0. The minimum atomic E-state index is -0.871. The van der Waals surface area contributed by atoms with E-state index in [-0.39, 0.29) is 17.7 Å². The van der Waals surface area contributed by atoms with Crippen LogP contribution in [0.15, 0.2) is 48.5 Å². The number of pyridine rings is 1. The molecule has 1 amide bonds. The second-order valence-corrected chi connectivity index (χ2v) is 9.13. The lowest BCUT2D eigenvalue weighted by Crippen LogP contribution is -2.41. The first kappa shape index (κ1) is 22.1. The zero-order valence-electron chi connectivity index (χ0n) is 19.2. The lowest BCUT2D eigenvalue weighted by atomic mass is 10.0. The number of fused-ring (bicyclic) bond motifs is 2. The molecule has 34 heavy (non-hydrogen) atoms. The number of nitrogens with zero attached hydrogens (tertiary/aromatic N) is 1. The van der Waals surface area contributed by atoms with E-state index in [4.69, 9.17) is 9.72 Å². The molecule has 1 atom stereocenters. The summed E-state index contributed by atoms with van der Waals surface area (Å²) in [4.78, 5) is 30.9. The molecule has 1 aromatic heterocycles. The molecule has 6 nitrogen and oxygen atoms in total. The van der Waals surface area contributed by atoms with E-state index in [0.717, 1.165) is 65.4 Å². The maximum Gasteiger partial charge on any atom is 0.339 e. The van der Waals surface area contributed by atoms with Gasteiger partial charge in [0.25, 0.3) is 5.91 Å². The first-order valence-corrected chi connectivity index (χ1v) is 11.9. The Labute approximate surface area is 198 Å². The fraction of sp³-hybridized carbons (Fsp3) is 0.321. The fourth-order valence-electron chi connectivity index (χ4n) is 4.95. The maximum atomic E-state index is 13.4. The topological polar surface area (TPSA) is 88.5 Å². The van der Waals surface area contributed by atoms with Crippen molar-refractivity contribution in [3.8, 4) is 5.75 Å². The van der Waals surface area contributed by atoms with Crippen LogP contribution in [0.3, 0.4) is 0 Å². The lowest BCUT2D eigenvalue weighted by Gasteiger charge is -2.18. The van der Waals surface area contributed by atoms with E-state index >= 15 is 0 Å². The number of carbonyl (C=O) groups is 2. The molecule has 2 aromatic carbocycles. The molecule has 5 rings (SSSR count). The third-order valence-corrected chi connectivity index (χ3v) is 6.73. The molecular weight excluding hydrogens is 428 g/mol. The van der Waals surface area contributed by atoms with E-state index in [2.05, 4.69) is 5.32 Å². The number of ether oxygens (including phenoxy) is 1. The molecule has 6 heteroatoms. The van der Waals surface area contributed by atoms with Gasteiger partial charge in [-0.3, -0.25) is 4.79 Å². The standard InChI is InChI=1S/C28H28N2O4/c1-17(27(32)29-20-6-2-3-7-20)34-28(33)25-22-8-4-5-9-24(22)30-26-19(12-15-23(25)26)16-18-10-13-21(31)14-11-18/h4-5,8-11,13-14,16-17,20,31H,2-3,6-7,12,15H2,1H3,(H,29,32)/b19-16+. The van der Waals surface area contributed by atoms with E-state index in [1.165, 1.54) is 0 Å². The number of para-hydroxylation sites is 1. The number of phenols is 1. The Kier molecular flexibility index (Phi) is 6.05. The highest BCUT2D eigenvalue weighted by Crippen LogP contribution is 2.38. The number of aromatic nitrogens is 1. The molecule has 2 aliphatic carbocycles. The zero-order valence-corrected chi connectivity index (χ0v) is 19.2. The normalized spacial score (nSPS) is 17.6. The Morgan fingerprint density at radius 1 is 1.09 bits per heavy atom. The van der Waals surface area contributed by atoms with E-state index in [1.807, 2.05) is 42.5 Å². The van der Waals surface area contributed by atoms with Gasteiger partial charge in [-0.15, -0.1) is 0 Å². The molecule has 0 radical (unpaired) electrons. The third kappa shape index (κ3) is 4.40. The van der Waals surface area contributed by atoms with Gasteiger partial charge in [0, 0.05) is 11.4 Å². The van der Waals surface area contributed by atoms with Crippen molar-refractivity contribution in [2.24, 2.45) is 0 Å². The van der Waals surface area contributed by atoms with Gasteiger partial charge < -0.3 is 15.2 Å². The molecular formula is C28H28N2O4. The van der Waals surface area contributed by atoms with Crippen LogP contribution in [0.1, 0.15) is 66.2 Å². The molecule has 0 saturated heterocycles. The minimum Gasteiger partial charge on any atom is -0.508 e. The number of nitrogens with one attached hydrogen (secondary N) is 1. The summed E-state index contributed by atoms with van der Waals surface area (Å²) in [5.74, 6) is -0.521. The molecule has 2 N–H and O–H groups in total. The number of amides is 1. The van der Waals surface area contributed by atoms with Crippen LogP contribution < -0.4 is 5.32 Å². The summed E-state index contributed by atoms with van der Waals surface area (Å²) in [5.41, 5.74) is 4.85. The fourth-order valence-corrected chi connectivity index (χ4v) is 4.95. The number of hydrogen-bond acceptors (Lipinski definition) is 5. The minimum absolute atomic E-state index is 0.173. The van der Waals surface area contributed by atoms with E-state index in [9.17, 15) is 14.7 Å². The second kappa shape index (κ2) is 9.29. The van der Waals surface area contributed by atoms with Gasteiger partial charge in [0.15, 0.2) is 6.10 Å². The smallest absolute Gasteiger partial charge is 0.339 e. The number of allylic oxidation sites excluding steroid dienone is 1. The van der Waals surface area contributed by atoms with Crippen LogP contribution in [-0.2, 0) is 16.0 Å². The Balaban J connectivity index is 1.47. The van der Waals surface area contributed by atoms with Crippen LogP contribution >= 0.6 is 0 Å². The van der Waals surface area contributed by atoms with E-state index < -0.39 is 12.1 Å². The molecule has 174 valence electrons. The molecule has 0 aliphatic heterocycles. The Hall–Kier alpha value is -3.67. The average Bonchev–Trinajstić information content (AvgIpc) is 3.49. The van der Waals surface area contributed by atoms with Gasteiger partial charge in [-0.25, -0.2) is 9.78 Å². The Morgan fingerprint density at radius 2 is 1.82 bits per heavy atom. The van der Waals surface area contributed by atoms with Crippen molar-refractivity contribution < 1.29 is 19.4 Å². The molecule has 1 saturated carbocycles. The quantitative estimate of drug-likeness (QED) is 0.526. The van der Waals surface area contributed by atoms with Crippen LogP contribution in [0.25, 0.3) is 22.6 Å².